The van der Waals surface area contributed by atoms with Gasteiger partial charge in [-0.05, 0) is 49.3 Å². The van der Waals surface area contributed by atoms with E-state index in [9.17, 15) is 0 Å². The second kappa shape index (κ2) is 3.53. The van der Waals surface area contributed by atoms with Gasteiger partial charge in [-0.15, -0.1) is 11.8 Å². The summed E-state index contributed by atoms with van der Waals surface area (Å²) in [5, 5.41) is 0. The number of rotatable bonds is 4. The standard InChI is InChI=1S/C13H17NS/c14-13(7-8-13)11-3-5-12(6-4-11)15-9-10-1-2-10/h3-6,10H,1-2,7-9,14H2. The highest BCUT2D eigenvalue weighted by molar-refractivity contribution is 7.99. The molecule has 2 heteroatoms. The Bertz CT molecular complexity index is 349. The van der Waals surface area contributed by atoms with Gasteiger partial charge in [0.2, 0.25) is 0 Å². The third-order valence-electron chi connectivity index (χ3n) is 3.40. The molecule has 0 heterocycles. The van der Waals surface area contributed by atoms with Crippen molar-refractivity contribution in [3.63, 3.8) is 0 Å². The minimum Gasteiger partial charge on any atom is -0.321 e. The number of hydrogen-bond acceptors (Lipinski definition) is 2. The van der Waals surface area contributed by atoms with Crippen molar-refractivity contribution in [1.29, 1.82) is 0 Å². The Balaban J connectivity index is 1.64. The molecule has 0 amide bonds. The van der Waals surface area contributed by atoms with Crippen molar-refractivity contribution in [3.05, 3.63) is 29.8 Å². The van der Waals surface area contributed by atoms with Crippen molar-refractivity contribution in [2.75, 3.05) is 5.75 Å². The number of thioether (sulfide) groups is 1. The Hall–Kier alpha value is -0.470. The summed E-state index contributed by atoms with van der Waals surface area (Å²) in [6, 6.07) is 8.88. The lowest BCUT2D eigenvalue weighted by Crippen LogP contribution is -2.18. The van der Waals surface area contributed by atoms with Gasteiger partial charge in [-0.2, -0.15) is 0 Å². The molecule has 2 N–H and O–H groups in total. The Kier molecular flexibility index (Phi) is 2.29. The maximum absolute atomic E-state index is 6.14. The van der Waals surface area contributed by atoms with Gasteiger partial charge in [0.1, 0.15) is 0 Å². The lowest BCUT2D eigenvalue weighted by molar-refractivity contribution is 0.739. The molecule has 1 nitrogen and oxygen atoms in total. The van der Waals surface area contributed by atoms with E-state index in [4.69, 9.17) is 5.73 Å². The number of benzene rings is 1. The van der Waals surface area contributed by atoms with Crippen LogP contribution in [0.1, 0.15) is 31.2 Å². The molecule has 1 aromatic rings. The molecule has 0 unspecified atom stereocenters. The Labute approximate surface area is 95.4 Å². The van der Waals surface area contributed by atoms with Crippen molar-refractivity contribution in [1.82, 2.24) is 0 Å². The average Bonchev–Trinajstić information content (AvgIpc) is 3.13. The summed E-state index contributed by atoms with van der Waals surface area (Å²) < 4.78 is 0. The number of hydrogen-bond donors (Lipinski definition) is 1. The average molecular weight is 219 g/mol. The molecule has 15 heavy (non-hydrogen) atoms. The highest BCUT2D eigenvalue weighted by Gasteiger charge is 2.39. The second-order valence-corrected chi connectivity index (χ2v) is 6.03. The summed E-state index contributed by atoms with van der Waals surface area (Å²) in [5.74, 6) is 2.30. The first-order chi connectivity index (χ1) is 7.26. The molecule has 1 aromatic carbocycles. The number of nitrogens with two attached hydrogens (primary N) is 1. The van der Waals surface area contributed by atoms with Crippen LogP contribution >= 0.6 is 11.8 Å². The largest absolute Gasteiger partial charge is 0.321 e. The zero-order valence-electron chi connectivity index (χ0n) is 8.91. The molecule has 0 saturated heterocycles. The third-order valence-corrected chi connectivity index (χ3v) is 4.64. The molecule has 80 valence electrons. The molecule has 2 fully saturated rings. The molecular formula is C13H17NS. The molecule has 2 aliphatic rings. The van der Waals surface area contributed by atoms with E-state index in [1.54, 1.807) is 0 Å². The summed E-state index contributed by atoms with van der Waals surface area (Å²) in [5.41, 5.74) is 7.49. The summed E-state index contributed by atoms with van der Waals surface area (Å²) in [6.45, 7) is 0. The van der Waals surface area contributed by atoms with E-state index in [0.717, 1.165) is 18.8 Å². The first kappa shape index (κ1) is 9.73. The lowest BCUT2D eigenvalue weighted by atomic mass is 10.1. The summed E-state index contributed by atoms with van der Waals surface area (Å²) in [6.07, 6.45) is 5.19. The van der Waals surface area contributed by atoms with Gasteiger partial charge >= 0.3 is 0 Å². The van der Waals surface area contributed by atoms with E-state index in [1.807, 2.05) is 11.8 Å². The van der Waals surface area contributed by atoms with Gasteiger partial charge in [-0.1, -0.05) is 12.1 Å². The monoisotopic (exact) mass is 219 g/mol. The minimum atomic E-state index is 0.0275. The first-order valence-corrected chi connectivity index (χ1v) is 6.77. The van der Waals surface area contributed by atoms with Crippen LogP contribution < -0.4 is 5.73 Å². The van der Waals surface area contributed by atoms with Gasteiger partial charge in [0, 0.05) is 16.2 Å². The molecule has 0 spiro atoms. The van der Waals surface area contributed by atoms with Crippen molar-refractivity contribution < 1.29 is 0 Å². The Morgan fingerprint density at radius 1 is 1.20 bits per heavy atom. The second-order valence-electron chi connectivity index (χ2n) is 4.93. The van der Waals surface area contributed by atoms with E-state index in [2.05, 4.69) is 24.3 Å². The van der Waals surface area contributed by atoms with Crippen LogP contribution in [0.2, 0.25) is 0 Å². The third kappa shape index (κ3) is 2.21. The van der Waals surface area contributed by atoms with E-state index in [-0.39, 0.29) is 5.54 Å². The highest BCUT2D eigenvalue weighted by Crippen LogP contribution is 2.43. The molecule has 0 aliphatic heterocycles. The fourth-order valence-electron chi connectivity index (χ4n) is 1.81. The molecular weight excluding hydrogens is 202 g/mol. The van der Waals surface area contributed by atoms with Crippen LogP contribution in [0.3, 0.4) is 0 Å². The predicted octanol–water partition coefficient (Wildman–Crippen LogP) is 3.14. The molecule has 0 radical (unpaired) electrons. The highest BCUT2D eigenvalue weighted by atomic mass is 32.2. The topological polar surface area (TPSA) is 26.0 Å². The van der Waals surface area contributed by atoms with Crippen LogP contribution in [0.5, 0.6) is 0 Å². The normalized spacial score (nSPS) is 22.7. The van der Waals surface area contributed by atoms with Crippen molar-refractivity contribution >= 4 is 11.8 Å². The molecule has 0 atom stereocenters. The predicted molar refractivity (Wildman–Crippen MR) is 65.0 cm³/mol. The molecule has 0 aromatic heterocycles. The van der Waals surface area contributed by atoms with Gasteiger partial charge < -0.3 is 5.73 Å². The van der Waals surface area contributed by atoms with Crippen molar-refractivity contribution in [3.8, 4) is 0 Å². The zero-order valence-corrected chi connectivity index (χ0v) is 9.72. The van der Waals surface area contributed by atoms with E-state index in [0.29, 0.717) is 0 Å². The molecule has 0 bridgehead atoms. The quantitative estimate of drug-likeness (QED) is 0.787. The van der Waals surface area contributed by atoms with Crippen LogP contribution in [0, 0.1) is 5.92 Å². The molecule has 2 aliphatic carbocycles. The smallest absolute Gasteiger partial charge is 0.0411 e. The molecule has 2 saturated carbocycles. The maximum Gasteiger partial charge on any atom is 0.0411 e. The van der Waals surface area contributed by atoms with Crippen LogP contribution in [0.4, 0.5) is 0 Å². The first-order valence-electron chi connectivity index (χ1n) is 5.78. The Morgan fingerprint density at radius 3 is 2.40 bits per heavy atom. The van der Waals surface area contributed by atoms with Crippen molar-refractivity contribution in [2.24, 2.45) is 11.7 Å². The van der Waals surface area contributed by atoms with Crippen LogP contribution in [0.15, 0.2) is 29.2 Å². The lowest BCUT2D eigenvalue weighted by Gasteiger charge is -2.09. The van der Waals surface area contributed by atoms with Crippen LogP contribution in [-0.2, 0) is 5.54 Å². The maximum atomic E-state index is 6.14. The minimum absolute atomic E-state index is 0.0275. The fraction of sp³-hybridized carbons (Fsp3) is 0.538. The SMILES string of the molecule is NC1(c2ccc(SCC3CC3)cc2)CC1. The van der Waals surface area contributed by atoms with Gasteiger partial charge in [-0.3, -0.25) is 0 Å². The van der Waals surface area contributed by atoms with Crippen LogP contribution in [-0.4, -0.2) is 5.75 Å². The fourth-order valence-corrected chi connectivity index (χ4v) is 2.90. The van der Waals surface area contributed by atoms with E-state index < -0.39 is 0 Å². The summed E-state index contributed by atoms with van der Waals surface area (Å²) in [4.78, 5) is 1.40. The van der Waals surface area contributed by atoms with Gasteiger partial charge in [0.25, 0.3) is 0 Å². The Morgan fingerprint density at radius 2 is 1.87 bits per heavy atom. The van der Waals surface area contributed by atoms with E-state index >= 15 is 0 Å². The summed E-state index contributed by atoms with van der Waals surface area (Å²) >= 11 is 1.99. The van der Waals surface area contributed by atoms with Gasteiger partial charge in [0.05, 0.1) is 0 Å². The zero-order chi connectivity index (χ0) is 10.3. The van der Waals surface area contributed by atoms with Gasteiger partial charge in [0.15, 0.2) is 0 Å². The van der Waals surface area contributed by atoms with Gasteiger partial charge in [-0.25, -0.2) is 0 Å². The van der Waals surface area contributed by atoms with E-state index in [1.165, 1.54) is 29.1 Å². The van der Waals surface area contributed by atoms with Crippen LogP contribution in [0.25, 0.3) is 0 Å². The summed E-state index contributed by atoms with van der Waals surface area (Å²) in [7, 11) is 0. The van der Waals surface area contributed by atoms with Crippen molar-refractivity contribution in [2.45, 2.75) is 36.1 Å². The molecule has 3 rings (SSSR count).